The molecular weight excluding hydrogens is 298 g/mol. The molecule has 1 heterocycles. The molecule has 1 aliphatic rings. The van der Waals surface area contributed by atoms with Crippen LogP contribution in [0.1, 0.15) is 46.6 Å². The molecule has 23 heavy (non-hydrogen) atoms. The molecular formula is C17H24BFO4. The zero-order valence-corrected chi connectivity index (χ0v) is 14.4. The molecule has 0 saturated carbocycles. The summed E-state index contributed by atoms with van der Waals surface area (Å²) in [6, 6.07) is 4.53. The molecule has 1 aromatic carbocycles. The van der Waals surface area contributed by atoms with Gasteiger partial charge in [-0.25, -0.2) is 4.39 Å². The molecule has 1 aliphatic heterocycles. The molecule has 1 N–H and O–H groups in total. The summed E-state index contributed by atoms with van der Waals surface area (Å²) in [6.45, 7) is 9.55. The summed E-state index contributed by atoms with van der Waals surface area (Å²) in [7, 11) is -0.653. The van der Waals surface area contributed by atoms with E-state index in [2.05, 4.69) is 0 Å². The highest BCUT2D eigenvalue weighted by Gasteiger charge is 2.51. The van der Waals surface area contributed by atoms with Gasteiger partial charge in [-0.2, -0.15) is 0 Å². The van der Waals surface area contributed by atoms with Crippen LogP contribution in [-0.2, 0) is 20.5 Å². The van der Waals surface area contributed by atoms with Gasteiger partial charge in [0.25, 0.3) is 0 Å². The van der Waals surface area contributed by atoms with E-state index in [0.717, 1.165) is 0 Å². The van der Waals surface area contributed by atoms with Crippen LogP contribution in [-0.4, -0.2) is 29.4 Å². The number of hydrogen-bond acceptors (Lipinski definition) is 3. The second kappa shape index (κ2) is 6.25. The van der Waals surface area contributed by atoms with E-state index in [9.17, 15) is 14.3 Å². The van der Waals surface area contributed by atoms with Gasteiger partial charge in [-0.15, -0.1) is 0 Å². The van der Waals surface area contributed by atoms with Gasteiger partial charge in [-0.3, -0.25) is 4.79 Å². The Labute approximate surface area is 137 Å². The third-order valence-electron chi connectivity index (χ3n) is 4.83. The van der Waals surface area contributed by atoms with Crippen molar-refractivity contribution >= 4 is 18.6 Å². The Morgan fingerprint density at radius 1 is 1.22 bits per heavy atom. The van der Waals surface area contributed by atoms with Gasteiger partial charge in [-0.05, 0) is 63.7 Å². The molecule has 0 aromatic heterocycles. The highest BCUT2D eigenvalue weighted by Crippen LogP contribution is 2.36. The van der Waals surface area contributed by atoms with E-state index < -0.39 is 36.0 Å². The van der Waals surface area contributed by atoms with Gasteiger partial charge < -0.3 is 14.4 Å². The van der Waals surface area contributed by atoms with Gasteiger partial charge in [0.2, 0.25) is 0 Å². The van der Waals surface area contributed by atoms with Crippen molar-refractivity contribution in [1.82, 2.24) is 0 Å². The zero-order valence-electron chi connectivity index (χ0n) is 14.4. The molecule has 126 valence electrons. The summed E-state index contributed by atoms with van der Waals surface area (Å²) < 4.78 is 25.8. The molecule has 0 spiro atoms. The molecule has 1 saturated heterocycles. The highest BCUT2D eigenvalue weighted by atomic mass is 19.1. The van der Waals surface area contributed by atoms with Gasteiger partial charge in [-0.1, -0.05) is 13.0 Å². The van der Waals surface area contributed by atoms with Crippen LogP contribution in [0.5, 0.6) is 0 Å². The Morgan fingerprint density at radius 3 is 2.26 bits per heavy atom. The molecule has 2 rings (SSSR count). The Balaban J connectivity index is 2.27. The van der Waals surface area contributed by atoms with Gasteiger partial charge in [0.1, 0.15) is 5.82 Å². The van der Waals surface area contributed by atoms with E-state index in [1.54, 1.807) is 6.07 Å². The number of halogens is 1. The predicted molar refractivity (Wildman–Crippen MR) is 87.2 cm³/mol. The van der Waals surface area contributed by atoms with Crippen molar-refractivity contribution in [2.75, 3.05) is 0 Å². The lowest BCUT2D eigenvalue weighted by molar-refractivity contribution is -0.141. The number of carboxylic acids is 1. The molecule has 0 aliphatic carbocycles. The van der Waals surface area contributed by atoms with Crippen LogP contribution in [0.2, 0.25) is 0 Å². The maximum Gasteiger partial charge on any atom is 0.494 e. The predicted octanol–water partition coefficient (Wildman–Crippen LogP) is 2.78. The molecule has 1 aromatic rings. The zero-order chi connectivity index (χ0) is 17.4. The van der Waals surface area contributed by atoms with Gasteiger partial charge >= 0.3 is 13.1 Å². The van der Waals surface area contributed by atoms with Gasteiger partial charge in [0, 0.05) is 0 Å². The van der Waals surface area contributed by atoms with E-state index in [1.165, 1.54) is 12.1 Å². The molecule has 0 bridgehead atoms. The molecule has 1 fully saturated rings. The minimum atomic E-state index is -0.867. The summed E-state index contributed by atoms with van der Waals surface area (Å²) in [5.41, 5.74) is 0.219. The average molecular weight is 322 g/mol. The number of hydrogen-bond donors (Lipinski definition) is 1. The normalized spacial score (nSPS) is 20.5. The smallest absolute Gasteiger partial charge is 0.481 e. The van der Waals surface area contributed by atoms with Crippen molar-refractivity contribution in [2.24, 2.45) is 5.92 Å². The van der Waals surface area contributed by atoms with Crippen LogP contribution in [0.4, 0.5) is 4.39 Å². The highest BCUT2D eigenvalue weighted by molar-refractivity contribution is 6.62. The Kier molecular flexibility index (Phi) is 4.88. The van der Waals surface area contributed by atoms with Crippen molar-refractivity contribution < 1.29 is 23.6 Å². The molecule has 0 radical (unpaired) electrons. The van der Waals surface area contributed by atoms with Crippen LogP contribution in [0.3, 0.4) is 0 Å². The lowest BCUT2D eigenvalue weighted by Crippen LogP contribution is -2.41. The number of benzene rings is 1. The fourth-order valence-electron chi connectivity index (χ4n) is 2.60. The minimum absolute atomic E-state index is 0.288. The van der Waals surface area contributed by atoms with E-state index >= 15 is 0 Å². The van der Waals surface area contributed by atoms with Crippen molar-refractivity contribution in [3.63, 3.8) is 0 Å². The van der Waals surface area contributed by atoms with Crippen LogP contribution in [0.25, 0.3) is 0 Å². The third-order valence-corrected chi connectivity index (χ3v) is 4.83. The summed E-state index contributed by atoms with van der Waals surface area (Å²) in [5, 5.41) is 9.18. The summed E-state index contributed by atoms with van der Waals surface area (Å²) >= 11 is 0. The number of carboxylic acid groups (broad SMARTS) is 1. The lowest BCUT2D eigenvalue weighted by atomic mass is 9.77. The Morgan fingerprint density at radius 2 is 1.78 bits per heavy atom. The van der Waals surface area contributed by atoms with E-state index in [-0.39, 0.29) is 6.42 Å². The van der Waals surface area contributed by atoms with Gasteiger partial charge in [0.05, 0.1) is 17.1 Å². The second-order valence-electron chi connectivity index (χ2n) is 7.13. The van der Waals surface area contributed by atoms with Crippen LogP contribution in [0, 0.1) is 11.7 Å². The number of carbonyl (C=O) groups is 1. The summed E-state index contributed by atoms with van der Waals surface area (Å²) in [4.78, 5) is 11.2. The van der Waals surface area contributed by atoms with E-state index in [0.29, 0.717) is 17.4 Å². The Bertz CT molecular complexity index is 584. The first-order valence-corrected chi connectivity index (χ1v) is 7.93. The molecule has 6 heteroatoms. The molecule has 1 unspecified atom stereocenters. The number of rotatable bonds is 5. The molecule has 1 atom stereocenters. The van der Waals surface area contributed by atoms with Crippen molar-refractivity contribution in [3.05, 3.63) is 29.6 Å². The van der Waals surface area contributed by atoms with Crippen LogP contribution in [0.15, 0.2) is 18.2 Å². The first-order chi connectivity index (χ1) is 10.6. The van der Waals surface area contributed by atoms with Crippen molar-refractivity contribution in [2.45, 2.75) is 58.7 Å². The Hall–Kier alpha value is -1.40. The summed E-state index contributed by atoms with van der Waals surface area (Å²) in [5.74, 6) is -1.80. The fourth-order valence-corrected chi connectivity index (χ4v) is 2.60. The topological polar surface area (TPSA) is 55.8 Å². The largest absolute Gasteiger partial charge is 0.494 e. The average Bonchev–Trinajstić information content (AvgIpc) is 2.64. The molecule has 0 amide bonds. The first-order valence-electron chi connectivity index (χ1n) is 7.93. The SMILES string of the molecule is CCC(Cc1cc(F)cc(B2OC(C)(C)C(C)(C)O2)c1)C(=O)O. The second-order valence-corrected chi connectivity index (χ2v) is 7.13. The maximum absolute atomic E-state index is 14.0. The quantitative estimate of drug-likeness (QED) is 0.847. The van der Waals surface area contributed by atoms with Crippen molar-refractivity contribution in [3.8, 4) is 0 Å². The van der Waals surface area contributed by atoms with Crippen LogP contribution < -0.4 is 5.46 Å². The van der Waals surface area contributed by atoms with E-state index in [1.807, 2.05) is 34.6 Å². The standard InChI is InChI=1S/C17H24BFO4/c1-6-12(15(20)21)7-11-8-13(10-14(19)9-11)18-22-16(2,3)17(4,5)23-18/h8-10,12H,6-7H2,1-5H3,(H,20,21). The van der Waals surface area contributed by atoms with Crippen LogP contribution >= 0.6 is 0 Å². The third kappa shape index (κ3) is 3.75. The van der Waals surface area contributed by atoms with E-state index in [4.69, 9.17) is 9.31 Å². The van der Waals surface area contributed by atoms with Gasteiger partial charge in [0.15, 0.2) is 0 Å². The molecule has 4 nitrogen and oxygen atoms in total. The minimum Gasteiger partial charge on any atom is -0.481 e. The monoisotopic (exact) mass is 322 g/mol. The first kappa shape index (κ1) is 18.0. The lowest BCUT2D eigenvalue weighted by Gasteiger charge is -2.32. The maximum atomic E-state index is 14.0. The van der Waals surface area contributed by atoms with Crippen molar-refractivity contribution in [1.29, 1.82) is 0 Å². The summed E-state index contributed by atoms with van der Waals surface area (Å²) in [6.07, 6.45) is 0.785. The number of aliphatic carboxylic acids is 1. The fraction of sp³-hybridized carbons (Fsp3) is 0.588.